The van der Waals surface area contributed by atoms with Crippen molar-refractivity contribution < 1.29 is 4.79 Å². The molecule has 2 aromatic rings. The molecule has 1 amide bonds. The number of thiophene rings is 1. The van der Waals surface area contributed by atoms with Crippen LogP contribution in [0.5, 0.6) is 0 Å². The zero-order valence-electron chi connectivity index (χ0n) is 11.2. The highest BCUT2D eigenvalue weighted by Crippen LogP contribution is 2.32. The molecule has 5 heteroatoms. The van der Waals surface area contributed by atoms with Crippen LogP contribution in [-0.2, 0) is 4.79 Å². The Balaban J connectivity index is 1.61. The van der Waals surface area contributed by atoms with Crippen LogP contribution >= 0.6 is 11.3 Å². The van der Waals surface area contributed by atoms with E-state index in [9.17, 15) is 4.79 Å². The predicted molar refractivity (Wildman–Crippen MR) is 80.7 cm³/mol. The van der Waals surface area contributed by atoms with Crippen molar-refractivity contribution in [3.05, 3.63) is 46.9 Å². The van der Waals surface area contributed by atoms with Crippen molar-refractivity contribution >= 4 is 22.9 Å². The van der Waals surface area contributed by atoms with Crippen molar-refractivity contribution in [3.8, 4) is 0 Å². The standard InChI is InChI=1S/C15H17N3OS/c19-15(17-13-3-6-16-7-4-13)10-18-8-1-2-14(18)12-5-9-20-11-12/h3-7,9,11,14H,1-2,8,10H2,(H,16,17,19)/t14-/m1/s1. The lowest BCUT2D eigenvalue weighted by Crippen LogP contribution is -2.32. The van der Waals surface area contributed by atoms with E-state index in [0.29, 0.717) is 12.6 Å². The van der Waals surface area contributed by atoms with Gasteiger partial charge in [0.2, 0.25) is 5.91 Å². The molecule has 0 aliphatic carbocycles. The van der Waals surface area contributed by atoms with Crippen molar-refractivity contribution in [1.82, 2.24) is 9.88 Å². The zero-order chi connectivity index (χ0) is 13.8. The molecule has 0 aromatic carbocycles. The molecule has 104 valence electrons. The summed E-state index contributed by atoms with van der Waals surface area (Å²) >= 11 is 1.72. The molecule has 1 saturated heterocycles. The molecule has 1 fully saturated rings. The van der Waals surface area contributed by atoms with Crippen LogP contribution in [0.25, 0.3) is 0 Å². The summed E-state index contributed by atoms with van der Waals surface area (Å²) in [7, 11) is 0. The summed E-state index contributed by atoms with van der Waals surface area (Å²) in [4.78, 5) is 18.3. The maximum atomic E-state index is 12.1. The van der Waals surface area contributed by atoms with E-state index in [0.717, 1.165) is 25.1 Å². The van der Waals surface area contributed by atoms with Gasteiger partial charge >= 0.3 is 0 Å². The molecule has 2 aromatic heterocycles. The Morgan fingerprint density at radius 3 is 3.00 bits per heavy atom. The average Bonchev–Trinajstić information content (AvgIpc) is 3.10. The molecule has 0 radical (unpaired) electrons. The summed E-state index contributed by atoms with van der Waals surface area (Å²) in [6.07, 6.45) is 5.65. The van der Waals surface area contributed by atoms with E-state index in [1.54, 1.807) is 35.9 Å². The molecule has 3 heterocycles. The van der Waals surface area contributed by atoms with Crippen LogP contribution in [0.4, 0.5) is 5.69 Å². The minimum absolute atomic E-state index is 0.0401. The normalized spacial score (nSPS) is 19.1. The van der Waals surface area contributed by atoms with Gasteiger partial charge in [-0.25, -0.2) is 0 Å². The maximum absolute atomic E-state index is 12.1. The van der Waals surface area contributed by atoms with E-state index in [1.165, 1.54) is 5.56 Å². The fourth-order valence-corrected chi connectivity index (χ4v) is 3.38. The van der Waals surface area contributed by atoms with E-state index in [2.05, 4.69) is 32.0 Å². The van der Waals surface area contributed by atoms with Gasteiger partial charge in [0, 0.05) is 24.1 Å². The number of carbonyl (C=O) groups excluding carboxylic acids is 1. The number of anilines is 1. The summed E-state index contributed by atoms with van der Waals surface area (Å²) in [5.74, 6) is 0.0401. The number of pyridine rings is 1. The fraction of sp³-hybridized carbons (Fsp3) is 0.333. The molecule has 1 atom stereocenters. The van der Waals surface area contributed by atoms with Gasteiger partial charge in [-0.15, -0.1) is 0 Å². The van der Waals surface area contributed by atoms with Crippen LogP contribution in [0.1, 0.15) is 24.4 Å². The third-order valence-corrected chi connectivity index (χ3v) is 4.30. The van der Waals surface area contributed by atoms with Crippen LogP contribution in [0, 0.1) is 0 Å². The van der Waals surface area contributed by atoms with Crippen molar-refractivity contribution in [2.75, 3.05) is 18.4 Å². The minimum Gasteiger partial charge on any atom is -0.325 e. The van der Waals surface area contributed by atoms with E-state index in [1.807, 2.05) is 0 Å². The van der Waals surface area contributed by atoms with E-state index >= 15 is 0 Å². The Bertz CT molecular complexity index is 556. The molecule has 0 spiro atoms. The number of carbonyl (C=O) groups is 1. The molecule has 0 unspecified atom stereocenters. The number of aromatic nitrogens is 1. The molecule has 1 N–H and O–H groups in total. The lowest BCUT2D eigenvalue weighted by molar-refractivity contribution is -0.117. The summed E-state index contributed by atoms with van der Waals surface area (Å²) in [5, 5.41) is 7.20. The number of hydrogen-bond donors (Lipinski definition) is 1. The van der Waals surface area contributed by atoms with Crippen molar-refractivity contribution in [1.29, 1.82) is 0 Å². The fourth-order valence-electron chi connectivity index (χ4n) is 2.68. The van der Waals surface area contributed by atoms with Crippen molar-refractivity contribution in [3.63, 3.8) is 0 Å². The van der Waals surface area contributed by atoms with Crippen LogP contribution in [0.2, 0.25) is 0 Å². The van der Waals surface area contributed by atoms with Gasteiger partial charge < -0.3 is 5.32 Å². The molecule has 4 nitrogen and oxygen atoms in total. The second kappa shape index (κ2) is 6.15. The lowest BCUT2D eigenvalue weighted by Gasteiger charge is -2.23. The van der Waals surface area contributed by atoms with Crippen molar-refractivity contribution in [2.45, 2.75) is 18.9 Å². The third kappa shape index (κ3) is 3.05. The van der Waals surface area contributed by atoms with Gasteiger partial charge in [-0.1, -0.05) is 0 Å². The number of rotatable bonds is 4. The van der Waals surface area contributed by atoms with Gasteiger partial charge in [-0.3, -0.25) is 14.7 Å². The van der Waals surface area contributed by atoms with Crippen LogP contribution in [0.15, 0.2) is 41.4 Å². The van der Waals surface area contributed by atoms with E-state index in [4.69, 9.17) is 0 Å². The first-order chi connectivity index (χ1) is 9.83. The summed E-state index contributed by atoms with van der Waals surface area (Å²) in [6, 6.07) is 6.16. The molecular weight excluding hydrogens is 270 g/mol. The smallest absolute Gasteiger partial charge is 0.238 e. The molecule has 0 bridgehead atoms. The molecular formula is C15H17N3OS. The summed E-state index contributed by atoms with van der Waals surface area (Å²) in [6.45, 7) is 1.44. The third-order valence-electron chi connectivity index (χ3n) is 3.60. The van der Waals surface area contributed by atoms with Gasteiger partial charge in [-0.2, -0.15) is 11.3 Å². The number of amides is 1. The van der Waals surface area contributed by atoms with Gasteiger partial charge in [0.25, 0.3) is 0 Å². The Labute approximate surface area is 122 Å². The number of hydrogen-bond acceptors (Lipinski definition) is 4. The Morgan fingerprint density at radius 1 is 1.40 bits per heavy atom. The maximum Gasteiger partial charge on any atom is 0.238 e. The van der Waals surface area contributed by atoms with Gasteiger partial charge in [-0.05, 0) is 53.9 Å². The van der Waals surface area contributed by atoms with Crippen LogP contribution in [0.3, 0.4) is 0 Å². The number of likely N-dealkylation sites (tertiary alicyclic amines) is 1. The summed E-state index contributed by atoms with van der Waals surface area (Å²) in [5.41, 5.74) is 2.14. The van der Waals surface area contributed by atoms with E-state index in [-0.39, 0.29) is 5.91 Å². The molecule has 1 aliphatic rings. The Morgan fingerprint density at radius 2 is 2.25 bits per heavy atom. The average molecular weight is 287 g/mol. The lowest BCUT2D eigenvalue weighted by atomic mass is 10.1. The molecule has 3 rings (SSSR count). The molecule has 20 heavy (non-hydrogen) atoms. The topological polar surface area (TPSA) is 45.2 Å². The molecule has 0 saturated carbocycles. The number of nitrogens with one attached hydrogen (secondary N) is 1. The van der Waals surface area contributed by atoms with Crippen LogP contribution in [-0.4, -0.2) is 28.9 Å². The van der Waals surface area contributed by atoms with Gasteiger partial charge in [0.05, 0.1) is 6.54 Å². The Kier molecular flexibility index (Phi) is 4.08. The second-order valence-electron chi connectivity index (χ2n) is 4.97. The zero-order valence-corrected chi connectivity index (χ0v) is 12.0. The largest absolute Gasteiger partial charge is 0.325 e. The van der Waals surface area contributed by atoms with Gasteiger partial charge in [0.1, 0.15) is 0 Å². The second-order valence-corrected chi connectivity index (χ2v) is 5.75. The highest BCUT2D eigenvalue weighted by Gasteiger charge is 2.27. The van der Waals surface area contributed by atoms with Crippen LogP contribution < -0.4 is 5.32 Å². The predicted octanol–water partition coefficient (Wildman–Crippen LogP) is 2.92. The van der Waals surface area contributed by atoms with Gasteiger partial charge in [0.15, 0.2) is 0 Å². The highest BCUT2D eigenvalue weighted by atomic mass is 32.1. The van der Waals surface area contributed by atoms with Crippen molar-refractivity contribution in [2.24, 2.45) is 0 Å². The molecule has 1 aliphatic heterocycles. The minimum atomic E-state index is 0.0401. The SMILES string of the molecule is O=C(CN1CCC[C@@H]1c1ccsc1)Nc1ccncc1. The Hall–Kier alpha value is -1.72. The first-order valence-electron chi connectivity index (χ1n) is 6.79. The highest BCUT2D eigenvalue weighted by molar-refractivity contribution is 7.07. The number of nitrogens with zero attached hydrogens (tertiary/aromatic N) is 2. The van der Waals surface area contributed by atoms with E-state index < -0.39 is 0 Å². The quantitative estimate of drug-likeness (QED) is 0.940. The first-order valence-corrected chi connectivity index (χ1v) is 7.73. The monoisotopic (exact) mass is 287 g/mol. The first kappa shape index (κ1) is 13.3. The summed E-state index contributed by atoms with van der Waals surface area (Å²) < 4.78 is 0.